The van der Waals surface area contributed by atoms with E-state index in [9.17, 15) is 18.0 Å². The van der Waals surface area contributed by atoms with E-state index >= 15 is 0 Å². The van der Waals surface area contributed by atoms with Crippen LogP contribution in [0.5, 0.6) is 5.75 Å². The van der Waals surface area contributed by atoms with Gasteiger partial charge in [-0.15, -0.1) is 0 Å². The zero-order valence-corrected chi connectivity index (χ0v) is 17.2. The van der Waals surface area contributed by atoms with Crippen LogP contribution in [0.1, 0.15) is 24.0 Å². The van der Waals surface area contributed by atoms with Crippen molar-refractivity contribution in [3.8, 4) is 5.75 Å². The van der Waals surface area contributed by atoms with Crippen molar-refractivity contribution in [3.63, 3.8) is 0 Å². The number of nitrogens with one attached hydrogen (secondary N) is 1. The van der Waals surface area contributed by atoms with Crippen molar-refractivity contribution in [3.05, 3.63) is 59.7 Å². The number of hydrogen-bond acceptors (Lipinski definition) is 5. The van der Waals surface area contributed by atoms with E-state index in [0.717, 1.165) is 9.87 Å². The number of carbonyl (C=O) groups excluding carboxylic acids is 2. The summed E-state index contributed by atoms with van der Waals surface area (Å²) in [6.45, 7) is 2.08. The van der Waals surface area contributed by atoms with Crippen molar-refractivity contribution < 1.29 is 22.7 Å². The first-order chi connectivity index (χ1) is 13.8. The van der Waals surface area contributed by atoms with Gasteiger partial charge in [-0.25, -0.2) is 12.7 Å². The molecule has 0 unspecified atom stereocenters. The predicted molar refractivity (Wildman–Crippen MR) is 108 cm³/mol. The van der Waals surface area contributed by atoms with Gasteiger partial charge >= 0.3 is 0 Å². The lowest BCUT2D eigenvalue weighted by atomic mass is 10.1. The van der Waals surface area contributed by atoms with Gasteiger partial charge in [-0.3, -0.25) is 9.59 Å². The van der Waals surface area contributed by atoms with Crippen LogP contribution in [0.15, 0.2) is 53.4 Å². The third kappa shape index (κ3) is 4.42. The third-order valence-corrected chi connectivity index (χ3v) is 6.77. The van der Waals surface area contributed by atoms with Crippen LogP contribution in [0.25, 0.3) is 0 Å². The zero-order chi connectivity index (χ0) is 21.0. The number of benzene rings is 2. The highest BCUT2D eigenvalue weighted by Gasteiger charge is 2.44. The Hall–Kier alpha value is -2.87. The lowest BCUT2D eigenvalue weighted by Crippen LogP contribution is -2.47. The number of rotatable bonds is 7. The number of sulfonamides is 1. The van der Waals surface area contributed by atoms with E-state index in [4.69, 9.17) is 4.74 Å². The zero-order valence-electron chi connectivity index (χ0n) is 16.4. The second kappa shape index (κ2) is 8.65. The van der Waals surface area contributed by atoms with Crippen LogP contribution < -0.4 is 10.1 Å². The largest absolute Gasteiger partial charge is 0.496 e. The third-order valence-electron chi connectivity index (χ3n) is 4.94. The van der Waals surface area contributed by atoms with Gasteiger partial charge in [-0.2, -0.15) is 0 Å². The molecule has 1 N–H and O–H groups in total. The van der Waals surface area contributed by atoms with Crippen LogP contribution in [0.3, 0.4) is 0 Å². The molecule has 2 amide bonds. The van der Waals surface area contributed by atoms with E-state index in [2.05, 4.69) is 5.32 Å². The molecule has 1 aliphatic rings. The van der Waals surface area contributed by atoms with Crippen molar-refractivity contribution in [1.82, 2.24) is 9.62 Å². The van der Waals surface area contributed by atoms with Crippen LogP contribution >= 0.6 is 0 Å². The Balaban J connectivity index is 1.75. The summed E-state index contributed by atoms with van der Waals surface area (Å²) >= 11 is 0. The molecule has 1 saturated heterocycles. The summed E-state index contributed by atoms with van der Waals surface area (Å²) in [5, 5.41) is 2.76. The maximum atomic E-state index is 13.1. The number of aryl methyl sites for hydroxylation is 1. The fourth-order valence-corrected chi connectivity index (χ4v) is 5.11. The summed E-state index contributed by atoms with van der Waals surface area (Å²) in [6, 6.07) is 13.0. The molecular formula is C21H24N2O5S. The Morgan fingerprint density at radius 2 is 1.93 bits per heavy atom. The van der Waals surface area contributed by atoms with E-state index in [0.29, 0.717) is 24.3 Å². The Kier molecular flexibility index (Phi) is 6.22. The molecule has 154 valence electrons. The minimum Gasteiger partial charge on any atom is -0.496 e. The summed E-state index contributed by atoms with van der Waals surface area (Å²) in [5.41, 5.74) is 1.69. The minimum atomic E-state index is -4.14. The smallest absolute Gasteiger partial charge is 0.267 e. The normalized spacial score (nSPS) is 16.7. The fourth-order valence-electron chi connectivity index (χ4n) is 3.42. The number of amides is 2. The molecule has 0 aliphatic carbocycles. The number of methoxy groups -OCH3 is 1. The molecule has 0 aromatic heterocycles. The summed E-state index contributed by atoms with van der Waals surface area (Å²) in [7, 11) is -2.64. The Bertz CT molecular complexity index is 1000. The molecule has 1 fully saturated rings. The van der Waals surface area contributed by atoms with Crippen molar-refractivity contribution in [2.75, 3.05) is 13.7 Å². The van der Waals surface area contributed by atoms with Crippen LogP contribution in [-0.4, -0.2) is 44.2 Å². The molecule has 8 heteroatoms. The monoisotopic (exact) mass is 416 g/mol. The summed E-state index contributed by atoms with van der Waals surface area (Å²) in [5.74, 6) is -0.478. The molecule has 1 heterocycles. The maximum absolute atomic E-state index is 13.1. The highest BCUT2D eigenvalue weighted by atomic mass is 32.2. The lowest BCUT2D eigenvalue weighted by molar-refractivity contribution is -0.130. The van der Waals surface area contributed by atoms with Gasteiger partial charge in [0, 0.05) is 13.0 Å². The molecule has 0 spiro atoms. The second-order valence-corrected chi connectivity index (χ2v) is 8.72. The van der Waals surface area contributed by atoms with Gasteiger partial charge in [0.05, 0.1) is 12.0 Å². The summed E-state index contributed by atoms with van der Waals surface area (Å²) in [6.07, 6.45) is 0.813. The quantitative estimate of drug-likeness (QED) is 0.746. The van der Waals surface area contributed by atoms with E-state index in [1.807, 2.05) is 30.3 Å². The van der Waals surface area contributed by atoms with Crippen molar-refractivity contribution in [2.45, 2.75) is 37.1 Å². The molecular weight excluding hydrogens is 392 g/mol. The molecule has 7 nitrogen and oxygen atoms in total. The summed E-state index contributed by atoms with van der Waals surface area (Å²) in [4.78, 5) is 25.0. The second-order valence-electron chi connectivity index (χ2n) is 6.91. The minimum absolute atomic E-state index is 0.0190. The fraction of sp³-hybridized carbons (Fsp3) is 0.333. The van der Waals surface area contributed by atoms with Gasteiger partial charge in [0.25, 0.3) is 10.0 Å². The van der Waals surface area contributed by atoms with Crippen LogP contribution in [0.2, 0.25) is 0 Å². The van der Waals surface area contributed by atoms with Crippen molar-refractivity contribution in [2.24, 2.45) is 0 Å². The van der Waals surface area contributed by atoms with Gasteiger partial charge in [-0.1, -0.05) is 30.3 Å². The van der Waals surface area contributed by atoms with E-state index in [1.54, 1.807) is 6.92 Å². The van der Waals surface area contributed by atoms with E-state index in [-0.39, 0.29) is 17.7 Å². The first-order valence-corrected chi connectivity index (χ1v) is 10.8. The number of hydrogen-bond donors (Lipinski definition) is 1. The first-order valence-electron chi connectivity index (χ1n) is 9.38. The number of nitrogens with zero attached hydrogens (tertiary/aromatic N) is 1. The average molecular weight is 416 g/mol. The van der Waals surface area contributed by atoms with E-state index in [1.165, 1.54) is 25.3 Å². The van der Waals surface area contributed by atoms with Crippen molar-refractivity contribution >= 4 is 21.8 Å². The summed E-state index contributed by atoms with van der Waals surface area (Å²) < 4.78 is 32.1. The standard InChI is InChI=1S/C21H24N2O5S/c1-15-14-17(8-10-19(15)28-2)29(26,27)23-18(9-11-20(23)24)21(25)22-13-12-16-6-4-3-5-7-16/h3-8,10,14,18H,9,11-13H2,1-2H3,(H,22,25)/t18-/m0/s1. The lowest BCUT2D eigenvalue weighted by Gasteiger charge is -2.24. The highest BCUT2D eigenvalue weighted by molar-refractivity contribution is 7.89. The molecule has 29 heavy (non-hydrogen) atoms. The maximum Gasteiger partial charge on any atom is 0.267 e. The van der Waals surface area contributed by atoms with Crippen molar-refractivity contribution in [1.29, 1.82) is 0 Å². The van der Waals surface area contributed by atoms with Crippen LogP contribution in [-0.2, 0) is 26.0 Å². The number of carbonyl (C=O) groups is 2. The molecule has 2 aromatic rings. The highest BCUT2D eigenvalue weighted by Crippen LogP contribution is 2.29. The van der Waals surface area contributed by atoms with E-state index < -0.39 is 27.9 Å². The molecule has 1 aliphatic heterocycles. The molecule has 3 rings (SSSR count). The SMILES string of the molecule is COc1ccc(S(=O)(=O)N2C(=O)CC[C@H]2C(=O)NCCc2ccccc2)cc1C. The molecule has 1 atom stereocenters. The molecule has 0 radical (unpaired) electrons. The van der Waals surface area contributed by atoms with Crippen LogP contribution in [0.4, 0.5) is 0 Å². The van der Waals surface area contributed by atoms with Gasteiger partial charge in [0.2, 0.25) is 11.8 Å². The van der Waals surface area contributed by atoms with Gasteiger partial charge in [0.1, 0.15) is 11.8 Å². The number of ether oxygens (including phenoxy) is 1. The molecule has 0 bridgehead atoms. The first kappa shape index (κ1) is 20.9. The molecule has 2 aromatic carbocycles. The Morgan fingerprint density at radius 1 is 1.21 bits per heavy atom. The van der Waals surface area contributed by atoms with Crippen LogP contribution in [0, 0.1) is 6.92 Å². The predicted octanol–water partition coefficient (Wildman–Crippen LogP) is 2.04. The topological polar surface area (TPSA) is 92.8 Å². The molecule has 0 saturated carbocycles. The Morgan fingerprint density at radius 3 is 2.59 bits per heavy atom. The van der Waals surface area contributed by atoms with Gasteiger partial charge in [-0.05, 0) is 49.1 Å². The van der Waals surface area contributed by atoms with Gasteiger partial charge in [0.15, 0.2) is 0 Å². The van der Waals surface area contributed by atoms with Gasteiger partial charge < -0.3 is 10.1 Å². The Labute approximate surface area is 170 Å². The average Bonchev–Trinajstić information content (AvgIpc) is 3.11.